The number of amides is 2. The van der Waals surface area contributed by atoms with E-state index in [2.05, 4.69) is 5.32 Å². The molecule has 0 aliphatic heterocycles. The minimum atomic E-state index is -4.58. The number of nitrogens with one attached hydrogen (secondary N) is 2. The molecule has 0 saturated carbocycles. The molecule has 0 bridgehead atoms. The molecule has 5 nitrogen and oxygen atoms in total. The highest BCUT2D eigenvalue weighted by atomic mass is 32.1. The van der Waals surface area contributed by atoms with E-state index in [1.807, 2.05) is 6.07 Å². The number of aliphatic hydroxyl groups is 1. The van der Waals surface area contributed by atoms with E-state index in [0.717, 1.165) is 0 Å². The lowest BCUT2D eigenvalue weighted by atomic mass is 10.1. The van der Waals surface area contributed by atoms with Gasteiger partial charge >= 0.3 is 18.0 Å². The SMILES string of the molecule is O=C(NCc1ccc(C(O)c2ccccc2)s1)C(=O)NCC(F)(F)F. The predicted octanol–water partition coefficient (Wildman–Crippen LogP) is 2.12. The lowest BCUT2D eigenvalue weighted by Crippen LogP contribution is -2.43. The van der Waals surface area contributed by atoms with Crippen LogP contribution in [0.5, 0.6) is 0 Å². The standard InChI is InChI=1S/C16H15F3N2O3S/c17-16(18,19)9-21-15(24)14(23)20-8-11-6-7-12(25-11)13(22)10-4-2-1-3-5-10/h1-7,13,22H,8-9H2,(H,20,23)(H,21,24). The minimum absolute atomic E-state index is 0.0234. The van der Waals surface area contributed by atoms with Crippen molar-refractivity contribution in [1.82, 2.24) is 10.6 Å². The Kier molecular flexibility index (Phi) is 6.16. The van der Waals surface area contributed by atoms with Crippen LogP contribution in [0.4, 0.5) is 13.2 Å². The molecule has 1 aromatic heterocycles. The predicted molar refractivity (Wildman–Crippen MR) is 85.7 cm³/mol. The van der Waals surface area contributed by atoms with Gasteiger partial charge in [0, 0.05) is 9.75 Å². The lowest BCUT2D eigenvalue weighted by Gasteiger charge is -2.09. The Morgan fingerprint density at radius 2 is 1.68 bits per heavy atom. The van der Waals surface area contributed by atoms with Crippen LogP contribution in [0.2, 0.25) is 0 Å². The van der Waals surface area contributed by atoms with E-state index in [9.17, 15) is 27.9 Å². The molecule has 0 radical (unpaired) electrons. The Morgan fingerprint density at radius 1 is 1.04 bits per heavy atom. The van der Waals surface area contributed by atoms with E-state index in [4.69, 9.17) is 0 Å². The first-order chi connectivity index (χ1) is 11.8. The molecule has 3 N–H and O–H groups in total. The van der Waals surface area contributed by atoms with Crippen LogP contribution in [0.3, 0.4) is 0 Å². The highest BCUT2D eigenvalue weighted by Crippen LogP contribution is 2.28. The summed E-state index contributed by atoms with van der Waals surface area (Å²) in [7, 11) is 0. The number of carbonyl (C=O) groups is 2. The van der Waals surface area contributed by atoms with Crippen molar-refractivity contribution in [3.8, 4) is 0 Å². The Bertz CT molecular complexity index is 732. The average molecular weight is 372 g/mol. The van der Waals surface area contributed by atoms with Crippen molar-refractivity contribution < 1.29 is 27.9 Å². The van der Waals surface area contributed by atoms with Gasteiger partial charge in [-0.05, 0) is 17.7 Å². The number of aliphatic hydroxyl groups excluding tert-OH is 1. The molecule has 0 aliphatic carbocycles. The van der Waals surface area contributed by atoms with E-state index >= 15 is 0 Å². The summed E-state index contributed by atoms with van der Waals surface area (Å²) in [6, 6.07) is 12.3. The van der Waals surface area contributed by atoms with Gasteiger partial charge in [0.25, 0.3) is 0 Å². The number of rotatable bonds is 5. The van der Waals surface area contributed by atoms with Crippen LogP contribution in [0.25, 0.3) is 0 Å². The second kappa shape index (κ2) is 8.13. The molecule has 1 aromatic carbocycles. The van der Waals surface area contributed by atoms with Gasteiger partial charge in [0.2, 0.25) is 0 Å². The summed E-state index contributed by atoms with van der Waals surface area (Å²) in [5, 5.41) is 14.0. The maximum atomic E-state index is 12.0. The van der Waals surface area contributed by atoms with Crippen molar-refractivity contribution in [3.05, 3.63) is 57.8 Å². The molecule has 1 unspecified atom stereocenters. The summed E-state index contributed by atoms with van der Waals surface area (Å²) in [6.45, 7) is -1.59. The molecular weight excluding hydrogens is 357 g/mol. The van der Waals surface area contributed by atoms with Crippen molar-refractivity contribution in [1.29, 1.82) is 0 Å². The second-order valence-electron chi connectivity index (χ2n) is 5.10. The van der Waals surface area contributed by atoms with Gasteiger partial charge in [-0.15, -0.1) is 11.3 Å². The van der Waals surface area contributed by atoms with Gasteiger partial charge in [-0.25, -0.2) is 0 Å². The van der Waals surface area contributed by atoms with Gasteiger partial charge in [-0.3, -0.25) is 9.59 Å². The fourth-order valence-corrected chi connectivity index (χ4v) is 2.91. The topological polar surface area (TPSA) is 78.4 Å². The smallest absolute Gasteiger partial charge is 0.383 e. The molecule has 0 spiro atoms. The molecular formula is C16H15F3N2O3S. The van der Waals surface area contributed by atoms with Crippen LogP contribution in [0, 0.1) is 0 Å². The summed E-state index contributed by atoms with van der Waals surface area (Å²) in [5.74, 6) is -2.50. The molecule has 25 heavy (non-hydrogen) atoms. The van der Waals surface area contributed by atoms with Crippen LogP contribution < -0.4 is 10.6 Å². The van der Waals surface area contributed by atoms with Gasteiger partial charge in [-0.2, -0.15) is 13.2 Å². The van der Waals surface area contributed by atoms with Crippen molar-refractivity contribution >= 4 is 23.2 Å². The molecule has 1 atom stereocenters. The molecule has 2 aromatic rings. The molecule has 2 amide bonds. The number of thiophene rings is 1. The first-order valence-electron chi connectivity index (χ1n) is 7.20. The quantitative estimate of drug-likeness (QED) is 0.704. The zero-order valence-electron chi connectivity index (χ0n) is 12.8. The highest BCUT2D eigenvalue weighted by molar-refractivity contribution is 7.12. The Balaban J connectivity index is 1.87. The molecule has 0 saturated heterocycles. The summed E-state index contributed by atoms with van der Waals surface area (Å²) in [4.78, 5) is 24.0. The van der Waals surface area contributed by atoms with Crippen LogP contribution in [0.15, 0.2) is 42.5 Å². The van der Waals surface area contributed by atoms with Crippen molar-refractivity contribution in [2.24, 2.45) is 0 Å². The van der Waals surface area contributed by atoms with Crippen molar-refractivity contribution in [2.45, 2.75) is 18.8 Å². The van der Waals surface area contributed by atoms with Gasteiger partial charge < -0.3 is 15.7 Å². The third kappa shape index (κ3) is 5.87. The van der Waals surface area contributed by atoms with E-state index < -0.39 is 30.6 Å². The second-order valence-corrected chi connectivity index (χ2v) is 6.30. The normalized spacial score (nSPS) is 12.5. The van der Waals surface area contributed by atoms with Gasteiger partial charge in [-0.1, -0.05) is 30.3 Å². The van der Waals surface area contributed by atoms with Crippen LogP contribution in [-0.4, -0.2) is 29.6 Å². The van der Waals surface area contributed by atoms with E-state index in [1.165, 1.54) is 16.7 Å². The van der Waals surface area contributed by atoms with E-state index in [0.29, 0.717) is 15.3 Å². The molecule has 2 rings (SSSR count). The fraction of sp³-hybridized carbons (Fsp3) is 0.250. The zero-order chi connectivity index (χ0) is 18.4. The molecule has 0 fully saturated rings. The highest BCUT2D eigenvalue weighted by Gasteiger charge is 2.29. The molecule has 134 valence electrons. The van der Waals surface area contributed by atoms with Crippen LogP contribution in [-0.2, 0) is 16.1 Å². The summed E-state index contributed by atoms with van der Waals surface area (Å²) < 4.78 is 35.9. The van der Waals surface area contributed by atoms with Crippen LogP contribution >= 0.6 is 11.3 Å². The van der Waals surface area contributed by atoms with Crippen molar-refractivity contribution in [2.75, 3.05) is 6.54 Å². The fourth-order valence-electron chi connectivity index (χ4n) is 1.94. The first-order valence-corrected chi connectivity index (χ1v) is 8.02. The Hall–Kier alpha value is -2.39. The largest absolute Gasteiger partial charge is 0.405 e. The number of alkyl halides is 3. The summed E-state index contributed by atoms with van der Waals surface area (Å²) in [5.41, 5.74) is 0.714. The van der Waals surface area contributed by atoms with Gasteiger partial charge in [0.05, 0.1) is 6.54 Å². The van der Waals surface area contributed by atoms with Crippen molar-refractivity contribution in [3.63, 3.8) is 0 Å². The maximum Gasteiger partial charge on any atom is 0.405 e. The number of benzene rings is 1. The summed E-state index contributed by atoms with van der Waals surface area (Å²) >= 11 is 1.23. The van der Waals surface area contributed by atoms with Gasteiger partial charge in [0.1, 0.15) is 12.6 Å². The molecule has 9 heteroatoms. The Morgan fingerprint density at radius 3 is 2.32 bits per heavy atom. The van der Waals surface area contributed by atoms with E-state index in [1.54, 1.807) is 36.4 Å². The third-order valence-electron chi connectivity index (χ3n) is 3.15. The summed E-state index contributed by atoms with van der Waals surface area (Å²) in [6.07, 6.45) is -5.39. The number of hydrogen-bond acceptors (Lipinski definition) is 4. The van der Waals surface area contributed by atoms with Crippen LogP contribution in [0.1, 0.15) is 21.4 Å². The van der Waals surface area contributed by atoms with E-state index in [-0.39, 0.29) is 6.54 Å². The third-order valence-corrected chi connectivity index (χ3v) is 4.28. The monoisotopic (exact) mass is 372 g/mol. The maximum absolute atomic E-state index is 12.0. The number of hydrogen-bond donors (Lipinski definition) is 3. The lowest BCUT2D eigenvalue weighted by molar-refractivity contribution is -0.146. The number of carbonyl (C=O) groups excluding carboxylic acids is 2. The molecule has 1 heterocycles. The Labute approximate surface area is 145 Å². The molecule has 0 aliphatic rings. The number of halogens is 3. The average Bonchev–Trinajstić information content (AvgIpc) is 3.06. The zero-order valence-corrected chi connectivity index (χ0v) is 13.7. The minimum Gasteiger partial charge on any atom is -0.383 e. The first kappa shape index (κ1) is 18.9. The van der Waals surface area contributed by atoms with Gasteiger partial charge in [0.15, 0.2) is 0 Å².